The lowest BCUT2D eigenvalue weighted by atomic mass is 9.96. The summed E-state index contributed by atoms with van der Waals surface area (Å²) in [5, 5.41) is 13.8. The zero-order valence-corrected chi connectivity index (χ0v) is 14.8. The standard InChI is InChI=1S/C16H18N4OS2/c1-9-10(2)19-16(18-9)22-8-14(21)20-15-12(7-17)11-5-3-4-6-13(11)23-15/h3-6,8H2,1-2H3,(H,18,19)(H,20,21). The number of fused-ring (bicyclic) bond motifs is 1. The number of imidazole rings is 1. The van der Waals surface area contributed by atoms with E-state index in [1.807, 2.05) is 13.8 Å². The van der Waals surface area contributed by atoms with Crippen molar-refractivity contribution in [2.24, 2.45) is 0 Å². The Morgan fingerprint density at radius 3 is 2.91 bits per heavy atom. The normalized spacial score (nSPS) is 13.4. The van der Waals surface area contributed by atoms with E-state index in [-0.39, 0.29) is 11.7 Å². The molecule has 2 N–H and O–H groups in total. The lowest BCUT2D eigenvalue weighted by molar-refractivity contribution is -0.113. The largest absolute Gasteiger partial charge is 0.337 e. The Morgan fingerprint density at radius 2 is 2.22 bits per heavy atom. The van der Waals surface area contributed by atoms with Crippen LogP contribution in [0.3, 0.4) is 0 Å². The number of rotatable bonds is 4. The Kier molecular flexibility index (Phi) is 4.74. The fraction of sp³-hybridized carbons (Fsp3) is 0.438. The molecule has 0 radical (unpaired) electrons. The molecule has 2 aromatic heterocycles. The molecule has 0 unspecified atom stereocenters. The van der Waals surface area contributed by atoms with E-state index in [0.29, 0.717) is 10.6 Å². The molecule has 2 aromatic rings. The van der Waals surface area contributed by atoms with Gasteiger partial charge < -0.3 is 10.3 Å². The molecule has 2 heterocycles. The zero-order valence-electron chi connectivity index (χ0n) is 13.2. The molecule has 5 nitrogen and oxygen atoms in total. The molecule has 3 rings (SSSR count). The number of carbonyl (C=O) groups is 1. The van der Waals surface area contributed by atoms with Crippen LogP contribution in [0.2, 0.25) is 0 Å². The van der Waals surface area contributed by atoms with Gasteiger partial charge >= 0.3 is 0 Å². The van der Waals surface area contributed by atoms with E-state index in [1.54, 1.807) is 11.3 Å². The number of thiophene rings is 1. The summed E-state index contributed by atoms with van der Waals surface area (Å²) in [5.74, 6) is 0.177. The topological polar surface area (TPSA) is 81.6 Å². The Balaban J connectivity index is 1.66. The van der Waals surface area contributed by atoms with Crippen LogP contribution < -0.4 is 5.32 Å². The highest BCUT2D eigenvalue weighted by molar-refractivity contribution is 7.99. The molecule has 23 heavy (non-hydrogen) atoms. The lowest BCUT2D eigenvalue weighted by Crippen LogP contribution is -2.14. The highest BCUT2D eigenvalue weighted by Crippen LogP contribution is 2.37. The zero-order chi connectivity index (χ0) is 16.4. The van der Waals surface area contributed by atoms with Crippen molar-refractivity contribution >= 4 is 34.0 Å². The molecule has 0 aromatic carbocycles. The van der Waals surface area contributed by atoms with Crippen molar-refractivity contribution < 1.29 is 4.79 Å². The first kappa shape index (κ1) is 16.1. The van der Waals surface area contributed by atoms with Crippen LogP contribution in [0, 0.1) is 25.2 Å². The van der Waals surface area contributed by atoms with Gasteiger partial charge in [-0.2, -0.15) is 5.26 Å². The monoisotopic (exact) mass is 346 g/mol. The minimum Gasteiger partial charge on any atom is -0.337 e. The minimum absolute atomic E-state index is 0.100. The van der Waals surface area contributed by atoms with E-state index in [9.17, 15) is 10.1 Å². The van der Waals surface area contributed by atoms with Crippen molar-refractivity contribution in [2.45, 2.75) is 44.7 Å². The van der Waals surface area contributed by atoms with Gasteiger partial charge in [-0.3, -0.25) is 4.79 Å². The molecule has 0 bridgehead atoms. The van der Waals surface area contributed by atoms with Crippen molar-refractivity contribution in [3.63, 3.8) is 0 Å². The molecule has 1 aliphatic carbocycles. The molecule has 0 spiro atoms. The first-order valence-corrected chi connectivity index (χ1v) is 9.39. The number of thioether (sulfide) groups is 1. The van der Waals surface area contributed by atoms with Crippen LogP contribution in [-0.4, -0.2) is 21.6 Å². The average molecular weight is 346 g/mol. The molecule has 0 saturated heterocycles. The number of aromatic nitrogens is 2. The fourth-order valence-corrected chi connectivity index (χ4v) is 4.67. The summed E-state index contributed by atoms with van der Waals surface area (Å²) >= 11 is 2.93. The third kappa shape index (κ3) is 3.43. The van der Waals surface area contributed by atoms with Gasteiger partial charge in [0, 0.05) is 10.6 Å². The summed E-state index contributed by atoms with van der Waals surface area (Å²) in [7, 11) is 0. The van der Waals surface area contributed by atoms with Crippen LogP contribution in [0.5, 0.6) is 0 Å². The number of amides is 1. The van der Waals surface area contributed by atoms with Gasteiger partial charge in [-0.25, -0.2) is 4.98 Å². The van der Waals surface area contributed by atoms with E-state index in [2.05, 4.69) is 21.4 Å². The summed E-state index contributed by atoms with van der Waals surface area (Å²) in [6, 6.07) is 2.26. The Labute approximate surface area is 143 Å². The van der Waals surface area contributed by atoms with Gasteiger partial charge in [0.15, 0.2) is 5.16 Å². The van der Waals surface area contributed by atoms with Crippen molar-refractivity contribution in [3.8, 4) is 6.07 Å². The highest BCUT2D eigenvalue weighted by Gasteiger charge is 2.21. The van der Waals surface area contributed by atoms with Gasteiger partial charge in [0.2, 0.25) is 5.91 Å². The first-order valence-electron chi connectivity index (χ1n) is 7.59. The molecule has 7 heteroatoms. The average Bonchev–Trinajstić information content (AvgIpc) is 3.04. The van der Waals surface area contributed by atoms with E-state index in [0.717, 1.165) is 41.4 Å². The third-order valence-corrected chi connectivity index (χ3v) is 6.06. The van der Waals surface area contributed by atoms with Crippen molar-refractivity contribution in [3.05, 3.63) is 27.4 Å². The van der Waals surface area contributed by atoms with Crippen LogP contribution in [0.1, 0.15) is 40.2 Å². The van der Waals surface area contributed by atoms with Gasteiger partial charge in [-0.05, 0) is 45.1 Å². The number of nitriles is 1. The molecule has 1 amide bonds. The summed E-state index contributed by atoms with van der Waals surface area (Å²) in [4.78, 5) is 20.9. The summed E-state index contributed by atoms with van der Waals surface area (Å²) in [6.07, 6.45) is 4.26. The van der Waals surface area contributed by atoms with E-state index >= 15 is 0 Å². The Bertz CT molecular complexity index is 765. The maximum Gasteiger partial charge on any atom is 0.235 e. The van der Waals surface area contributed by atoms with Gasteiger partial charge in [-0.15, -0.1) is 11.3 Å². The van der Waals surface area contributed by atoms with Gasteiger partial charge in [-0.1, -0.05) is 11.8 Å². The number of nitrogens with zero attached hydrogens (tertiary/aromatic N) is 2. The van der Waals surface area contributed by atoms with E-state index in [4.69, 9.17) is 0 Å². The SMILES string of the molecule is Cc1nc(SCC(=O)Nc2sc3c(c2C#N)CCCC3)[nH]c1C. The summed E-state index contributed by atoms with van der Waals surface area (Å²) in [5.41, 5.74) is 3.77. The smallest absolute Gasteiger partial charge is 0.235 e. The van der Waals surface area contributed by atoms with Crippen LogP contribution in [-0.2, 0) is 17.6 Å². The molecule has 0 aliphatic heterocycles. The Hall–Kier alpha value is -1.78. The maximum atomic E-state index is 12.2. The minimum atomic E-state index is -0.100. The van der Waals surface area contributed by atoms with Crippen molar-refractivity contribution in [1.29, 1.82) is 5.26 Å². The molecular weight excluding hydrogens is 328 g/mol. The lowest BCUT2D eigenvalue weighted by Gasteiger charge is -2.09. The number of H-pyrrole nitrogens is 1. The second kappa shape index (κ2) is 6.77. The predicted octanol–water partition coefficient (Wildman–Crippen LogP) is 3.57. The number of aromatic amines is 1. The van der Waals surface area contributed by atoms with Crippen LogP contribution in [0.4, 0.5) is 5.00 Å². The number of hydrogen-bond donors (Lipinski definition) is 2. The summed E-state index contributed by atoms with van der Waals surface area (Å²) < 4.78 is 0. The third-order valence-electron chi connectivity index (χ3n) is 3.98. The number of carbonyl (C=O) groups excluding carboxylic acids is 1. The van der Waals surface area contributed by atoms with Crippen LogP contribution in [0.15, 0.2) is 5.16 Å². The van der Waals surface area contributed by atoms with E-state index in [1.165, 1.54) is 23.1 Å². The van der Waals surface area contributed by atoms with Gasteiger partial charge in [0.25, 0.3) is 0 Å². The molecule has 0 atom stereocenters. The molecule has 120 valence electrons. The second-order valence-electron chi connectivity index (χ2n) is 5.62. The highest BCUT2D eigenvalue weighted by atomic mass is 32.2. The molecule has 0 saturated carbocycles. The number of aryl methyl sites for hydroxylation is 3. The number of anilines is 1. The second-order valence-corrected chi connectivity index (χ2v) is 7.69. The number of hydrogen-bond acceptors (Lipinski definition) is 5. The first-order chi connectivity index (χ1) is 11.1. The van der Waals surface area contributed by atoms with Crippen LogP contribution >= 0.6 is 23.1 Å². The summed E-state index contributed by atoms with van der Waals surface area (Å²) in [6.45, 7) is 3.90. The van der Waals surface area contributed by atoms with Gasteiger partial charge in [0.05, 0.1) is 17.0 Å². The van der Waals surface area contributed by atoms with Gasteiger partial charge in [0.1, 0.15) is 11.1 Å². The fourth-order valence-electron chi connectivity index (χ4n) is 2.65. The van der Waals surface area contributed by atoms with Crippen molar-refractivity contribution in [2.75, 3.05) is 11.1 Å². The molecule has 0 fully saturated rings. The molecular formula is C16H18N4OS2. The van der Waals surface area contributed by atoms with Crippen LogP contribution in [0.25, 0.3) is 0 Å². The predicted molar refractivity (Wildman–Crippen MR) is 93.1 cm³/mol. The van der Waals surface area contributed by atoms with E-state index < -0.39 is 0 Å². The molecule has 1 aliphatic rings. The Morgan fingerprint density at radius 1 is 1.43 bits per heavy atom. The number of nitrogens with one attached hydrogen (secondary N) is 2. The maximum absolute atomic E-state index is 12.2. The van der Waals surface area contributed by atoms with Crippen molar-refractivity contribution in [1.82, 2.24) is 9.97 Å². The quantitative estimate of drug-likeness (QED) is 0.829.